The highest BCUT2D eigenvalue weighted by Crippen LogP contribution is 2.25. The van der Waals surface area contributed by atoms with E-state index in [-0.39, 0.29) is 12.1 Å². The van der Waals surface area contributed by atoms with E-state index < -0.39 is 32.9 Å². The number of non-ortho nitro benzene ring substituents is 2. The van der Waals surface area contributed by atoms with Gasteiger partial charge in [-0.15, -0.1) is 0 Å². The number of halogens is 2. The number of nitro benzene ring substituents is 2. The predicted molar refractivity (Wildman–Crippen MR) is 102 cm³/mol. The number of carbonyl (C=O) groups excluding carboxylic acids is 1. The molecule has 9 nitrogen and oxygen atoms in total. The molecule has 0 aliphatic carbocycles. The average molecular weight is 423 g/mol. The lowest BCUT2D eigenvalue weighted by molar-refractivity contribution is -0.394. The summed E-state index contributed by atoms with van der Waals surface area (Å²) in [7, 11) is 0. The Morgan fingerprint density at radius 3 is 2.14 bits per heavy atom. The van der Waals surface area contributed by atoms with Gasteiger partial charge in [0.2, 0.25) is 0 Å². The van der Waals surface area contributed by atoms with Gasteiger partial charge in [-0.05, 0) is 12.1 Å². The maximum Gasteiger partial charge on any atom is 0.277 e. The Balaban J connectivity index is 1.70. The Labute approximate surface area is 169 Å². The minimum Gasteiger partial charge on any atom is -0.336 e. The van der Waals surface area contributed by atoms with E-state index >= 15 is 0 Å². The highest BCUT2D eigenvalue weighted by atomic mass is 35.5. The molecule has 1 saturated heterocycles. The van der Waals surface area contributed by atoms with Crippen LogP contribution in [0.1, 0.15) is 15.9 Å². The predicted octanol–water partition coefficient (Wildman–Crippen LogP) is 3.25. The Hall–Kier alpha value is -3.11. The van der Waals surface area contributed by atoms with E-state index in [2.05, 4.69) is 0 Å². The van der Waals surface area contributed by atoms with Crippen molar-refractivity contribution in [2.75, 3.05) is 26.2 Å². The molecule has 0 atom stereocenters. The molecule has 1 fully saturated rings. The minimum absolute atomic E-state index is 0.114. The molecule has 0 N–H and O–H groups in total. The van der Waals surface area contributed by atoms with Gasteiger partial charge >= 0.3 is 0 Å². The third kappa shape index (κ3) is 4.66. The lowest BCUT2D eigenvalue weighted by atomic mass is 10.1. The fourth-order valence-corrected chi connectivity index (χ4v) is 3.35. The number of amides is 1. The van der Waals surface area contributed by atoms with Gasteiger partial charge in [-0.25, -0.2) is 4.39 Å². The summed E-state index contributed by atoms with van der Waals surface area (Å²) >= 11 is 6.05. The molecule has 1 aliphatic heterocycles. The van der Waals surface area contributed by atoms with Crippen molar-refractivity contribution < 1.29 is 19.0 Å². The molecule has 2 aromatic carbocycles. The molecule has 0 unspecified atom stereocenters. The summed E-state index contributed by atoms with van der Waals surface area (Å²) in [5.41, 5.74) is -0.773. The van der Waals surface area contributed by atoms with E-state index in [0.717, 1.165) is 18.2 Å². The van der Waals surface area contributed by atoms with Crippen LogP contribution in [0, 0.1) is 26.0 Å². The molecular weight excluding hydrogens is 407 g/mol. The quantitative estimate of drug-likeness (QED) is 0.540. The van der Waals surface area contributed by atoms with Crippen molar-refractivity contribution in [3.8, 4) is 0 Å². The maximum absolute atomic E-state index is 14.0. The topological polar surface area (TPSA) is 110 Å². The zero-order chi connectivity index (χ0) is 21.1. The first-order valence-electron chi connectivity index (χ1n) is 8.64. The van der Waals surface area contributed by atoms with Crippen LogP contribution in [0.25, 0.3) is 0 Å². The summed E-state index contributed by atoms with van der Waals surface area (Å²) in [6.07, 6.45) is 0. The van der Waals surface area contributed by atoms with Crippen LogP contribution in [0.4, 0.5) is 15.8 Å². The largest absolute Gasteiger partial charge is 0.336 e. The lowest BCUT2D eigenvalue weighted by Gasteiger charge is -2.35. The molecule has 1 heterocycles. The van der Waals surface area contributed by atoms with Crippen LogP contribution in [-0.2, 0) is 6.54 Å². The van der Waals surface area contributed by atoms with Crippen LogP contribution in [0.15, 0.2) is 36.4 Å². The second kappa shape index (κ2) is 8.50. The summed E-state index contributed by atoms with van der Waals surface area (Å²) < 4.78 is 14.0. The summed E-state index contributed by atoms with van der Waals surface area (Å²) in [5.74, 6) is -0.930. The van der Waals surface area contributed by atoms with Crippen LogP contribution >= 0.6 is 11.6 Å². The molecule has 0 bridgehead atoms. The number of hydrogen-bond donors (Lipinski definition) is 0. The van der Waals surface area contributed by atoms with Crippen LogP contribution in [0.2, 0.25) is 5.02 Å². The van der Waals surface area contributed by atoms with Crippen molar-refractivity contribution in [1.29, 1.82) is 0 Å². The molecular formula is C18H16ClFN4O5. The van der Waals surface area contributed by atoms with E-state index in [1.807, 2.05) is 4.90 Å². The first kappa shape index (κ1) is 20.6. The highest BCUT2D eigenvalue weighted by molar-refractivity contribution is 6.31. The van der Waals surface area contributed by atoms with Crippen molar-refractivity contribution >= 4 is 28.9 Å². The van der Waals surface area contributed by atoms with Crippen molar-refractivity contribution in [2.45, 2.75) is 6.54 Å². The van der Waals surface area contributed by atoms with Gasteiger partial charge in [0.1, 0.15) is 5.82 Å². The van der Waals surface area contributed by atoms with Gasteiger partial charge < -0.3 is 4.90 Å². The fraction of sp³-hybridized carbons (Fsp3) is 0.278. The molecule has 0 aromatic heterocycles. The highest BCUT2D eigenvalue weighted by Gasteiger charge is 2.26. The lowest BCUT2D eigenvalue weighted by Crippen LogP contribution is -2.48. The number of rotatable bonds is 5. The molecule has 0 spiro atoms. The number of carbonyl (C=O) groups is 1. The van der Waals surface area contributed by atoms with Gasteiger partial charge in [0, 0.05) is 55.4 Å². The second-order valence-electron chi connectivity index (χ2n) is 6.52. The van der Waals surface area contributed by atoms with E-state index in [4.69, 9.17) is 11.6 Å². The Morgan fingerprint density at radius 2 is 1.62 bits per heavy atom. The molecule has 2 aromatic rings. The van der Waals surface area contributed by atoms with E-state index in [1.165, 1.54) is 17.0 Å². The standard InChI is InChI=1S/C18H16ClFN4O5/c19-16-2-1-3-17(20)15(16)11-21-4-6-22(7-5-21)18(25)12-8-13(23(26)27)10-14(9-12)24(28)29/h1-3,8-10H,4-7,11H2. The summed E-state index contributed by atoms with van der Waals surface area (Å²) in [4.78, 5) is 36.6. The normalized spacial score (nSPS) is 14.6. The number of nitrogens with zero attached hydrogens (tertiary/aromatic N) is 4. The Morgan fingerprint density at radius 1 is 1.03 bits per heavy atom. The van der Waals surface area contributed by atoms with Gasteiger partial charge in [0.15, 0.2) is 0 Å². The first-order valence-corrected chi connectivity index (χ1v) is 9.02. The summed E-state index contributed by atoms with van der Waals surface area (Å²) in [5, 5.41) is 22.3. The van der Waals surface area contributed by atoms with E-state index in [9.17, 15) is 29.4 Å². The van der Waals surface area contributed by atoms with E-state index in [0.29, 0.717) is 36.8 Å². The third-order valence-corrected chi connectivity index (χ3v) is 5.03. The average Bonchev–Trinajstić information content (AvgIpc) is 2.70. The number of piperazine rings is 1. The number of benzene rings is 2. The second-order valence-corrected chi connectivity index (χ2v) is 6.93. The fourth-order valence-electron chi connectivity index (χ4n) is 3.13. The zero-order valence-corrected chi connectivity index (χ0v) is 15.8. The number of hydrogen-bond acceptors (Lipinski definition) is 6. The molecule has 3 rings (SSSR count). The van der Waals surface area contributed by atoms with E-state index in [1.54, 1.807) is 6.07 Å². The zero-order valence-electron chi connectivity index (χ0n) is 15.1. The van der Waals surface area contributed by atoms with Gasteiger partial charge in [-0.3, -0.25) is 29.9 Å². The molecule has 1 aliphatic rings. The maximum atomic E-state index is 14.0. The minimum atomic E-state index is -0.778. The summed E-state index contributed by atoms with van der Waals surface area (Å²) in [6, 6.07) is 7.33. The summed E-state index contributed by atoms with van der Waals surface area (Å²) in [6.45, 7) is 1.75. The van der Waals surface area contributed by atoms with Crippen molar-refractivity contribution in [2.24, 2.45) is 0 Å². The van der Waals surface area contributed by atoms with Gasteiger partial charge in [0.05, 0.1) is 21.5 Å². The third-order valence-electron chi connectivity index (χ3n) is 4.67. The number of nitro groups is 2. The molecule has 29 heavy (non-hydrogen) atoms. The smallest absolute Gasteiger partial charge is 0.277 e. The molecule has 1 amide bonds. The van der Waals surface area contributed by atoms with Crippen molar-refractivity contribution in [3.05, 3.63) is 78.6 Å². The van der Waals surface area contributed by atoms with Crippen molar-refractivity contribution in [3.63, 3.8) is 0 Å². The molecule has 0 radical (unpaired) electrons. The van der Waals surface area contributed by atoms with Gasteiger partial charge in [-0.2, -0.15) is 0 Å². The van der Waals surface area contributed by atoms with Gasteiger partial charge in [0.25, 0.3) is 17.3 Å². The molecule has 0 saturated carbocycles. The van der Waals surface area contributed by atoms with Gasteiger partial charge in [-0.1, -0.05) is 17.7 Å². The SMILES string of the molecule is O=C(c1cc([N+](=O)[O-])cc([N+](=O)[O-])c1)N1CCN(Cc2c(F)cccc2Cl)CC1. The van der Waals surface area contributed by atoms with Crippen LogP contribution < -0.4 is 0 Å². The Bertz CT molecular complexity index is 926. The van der Waals surface area contributed by atoms with Crippen LogP contribution in [0.3, 0.4) is 0 Å². The Kier molecular flexibility index (Phi) is 6.04. The monoisotopic (exact) mass is 422 g/mol. The molecule has 11 heteroatoms. The van der Waals surface area contributed by atoms with Crippen molar-refractivity contribution in [1.82, 2.24) is 9.80 Å². The van der Waals surface area contributed by atoms with Crippen LogP contribution in [0.5, 0.6) is 0 Å². The van der Waals surface area contributed by atoms with Crippen LogP contribution in [-0.4, -0.2) is 51.7 Å². The molecule has 152 valence electrons. The first-order chi connectivity index (χ1) is 13.8.